The average Bonchev–Trinajstić information content (AvgIpc) is 2.64. The van der Waals surface area contributed by atoms with E-state index in [0.29, 0.717) is 17.1 Å². The van der Waals surface area contributed by atoms with Gasteiger partial charge >= 0.3 is 6.03 Å². The molecule has 1 aromatic rings. The standard InChI is InChI=1S/C11H12ClFN2O2/c12-7-1-2-9(13)8(5-7)10-6-15(3-4-16)11(17)14-10/h1-2,5,10,16H,3-4,6H2,(H,14,17). The van der Waals surface area contributed by atoms with Crippen molar-refractivity contribution in [2.75, 3.05) is 19.7 Å². The van der Waals surface area contributed by atoms with Gasteiger partial charge in [0.25, 0.3) is 0 Å². The summed E-state index contributed by atoms with van der Waals surface area (Å²) in [5.41, 5.74) is 0.367. The lowest BCUT2D eigenvalue weighted by Crippen LogP contribution is -2.30. The van der Waals surface area contributed by atoms with Crippen LogP contribution >= 0.6 is 11.6 Å². The van der Waals surface area contributed by atoms with Crippen molar-refractivity contribution in [2.24, 2.45) is 0 Å². The van der Waals surface area contributed by atoms with E-state index in [1.165, 1.54) is 23.1 Å². The molecule has 2 N–H and O–H groups in total. The number of aliphatic hydroxyl groups is 1. The molecule has 2 rings (SSSR count). The van der Waals surface area contributed by atoms with Gasteiger partial charge in [-0.2, -0.15) is 0 Å². The Morgan fingerprint density at radius 2 is 2.35 bits per heavy atom. The Hall–Kier alpha value is -1.33. The molecule has 1 fully saturated rings. The van der Waals surface area contributed by atoms with Gasteiger partial charge < -0.3 is 15.3 Å². The summed E-state index contributed by atoms with van der Waals surface area (Å²) in [6.07, 6.45) is 0. The lowest BCUT2D eigenvalue weighted by molar-refractivity contribution is 0.196. The van der Waals surface area contributed by atoms with E-state index in [1.807, 2.05) is 0 Å². The van der Waals surface area contributed by atoms with Gasteiger partial charge in [-0.15, -0.1) is 0 Å². The minimum Gasteiger partial charge on any atom is -0.395 e. The van der Waals surface area contributed by atoms with Crippen molar-refractivity contribution in [2.45, 2.75) is 6.04 Å². The number of nitrogens with zero attached hydrogens (tertiary/aromatic N) is 1. The maximum absolute atomic E-state index is 13.6. The van der Waals surface area contributed by atoms with Crippen LogP contribution in [0.15, 0.2) is 18.2 Å². The first kappa shape index (κ1) is 12.1. The minimum atomic E-state index is -0.423. The van der Waals surface area contributed by atoms with Gasteiger partial charge in [-0.1, -0.05) is 11.6 Å². The van der Waals surface area contributed by atoms with Crippen molar-refractivity contribution < 1.29 is 14.3 Å². The van der Waals surface area contributed by atoms with Gasteiger partial charge in [0.1, 0.15) is 5.82 Å². The van der Waals surface area contributed by atoms with Gasteiger partial charge in [0.05, 0.1) is 12.6 Å². The summed E-state index contributed by atoms with van der Waals surface area (Å²) < 4.78 is 13.6. The third-order valence-electron chi connectivity index (χ3n) is 2.69. The summed E-state index contributed by atoms with van der Waals surface area (Å²) in [6.45, 7) is 0.458. The Labute approximate surface area is 103 Å². The third-order valence-corrected chi connectivity index (χ3v) is 2.93. The normalized spacial score (nSPS) is 19.6. The fourth-order valence-electron chi connectivity index (χ4n) is 1.86. The fourth-order valence-corrected chi connectivity index (χ4v) is 2.04. The Balaban J connectivity index is 2.19. The Bertz CT molecular complexity index is 441. The molecule has 0 saturated carbocycles. The van der Waals surface area contributed by atoms with Crippen LogP contribution in [0.5, 0.6) is 0 Å². The van der Waals surface area contributed by atoms with E-state index in [1.54, 1.807) is 0 Å². The first-order chi connectivity index (χ1) is 8.11. The van der Waals surface area contributed by atoms with Crippen LogP contribution in [0, 0.1) is 5.82 Å². The molecule has 1 atom stereocenters. The van der Waals surface area contributed by atoms with Gasteiger partial charge in [-0.3, -0.25) is 0 Å². The maximum Gasteiger partial charge on any atom is 0.318 e. The van der Waals surface area contributed by atoms with Gasteiger partial charge in [0, 0.05) is 23.7 Å². The van der Waals surface area contributed by atoms with E-state index in [9.17, 15) is 9.18 Å². The van der Waals surface area contributed by atoms with E-state index in [-0.39, 0.29) is 19.2 Å². The molecule has 17 heavy (non-hydrogen) atoms. The van der Waals surface area contributed by atoms with Crippen LogP contribution in [0.2, 0.25) is 5.02 Å². The number of rotatable bonds is 3. The van der Waals surface area contributed by atoms with E-state index in [0.717, 1.165) is 0 Å². The van der Waals surface area contributed by atoms with Crippen LogP contribution in [-0.2, 0) is 0 Å². The number of carbonyl (C=O) groups excluding carboxylic acids is 1. The molecule has 2 amide bonds. The number of aliphatic hydroxyl groups excluding tert-OH is 1. The molecule has 1 saturated heterocycles. The fraction of sp³-hybridized carbons (Fsp3) is 0.364. The number of hydrogen-bond donors (Lipinski definition) is 2. The predicted molar refractivity (Wildman–Crippen MR) is 61.3 cm³/mol. The van der Waals surface area contributed by atoms with Crippen molar-refractivity contribution in [3.63, 3.8) is 0 Å². The molecule has 1 unspecified atom stereocenters. The van der Waals surface area contributed by atoms with E-state index in [2.05, 4.69) is 5.32 Å². The number of nitrogens with one attached hydrogen (secondary N) is 1. The van der Waals surface area contributed by atoms with Crippen LogP contribution in [0.1, 0.15) is 11.6 Å². The molecule has 4 nitrogen and oxygen atoms in total. The van der Waals surface area contributed by atoms with Crippen LogP contribution < -0.4 is 5.32 Å². The topological polar surface area (TPSA) is 52.6 Å². The highest BCUT2D eigenvalue weighted by Crippen LogP contribution is 2.25. The highest BCUT2D eigenvalue weighted by molar-refractivity contribution is 6.30. The lowest BCUT2D eigenvalue weighted by atomic mass is 10.1. The smallest absolute Gasteiger partial charge is 0.318 e. The second-order valence-electron chi connectivity index (χ2n) is 3.84. The first-order valence-corrected chi connectivity index (χ1v) is 5.61. The van der Waals surface area contributed by atoms with Crippen molar-refractivity contribution in [1.29, 1.82) is 0 Å². The van der Waals surface area contributed by atoms with Crippen LogP contribution in [0.3, 0.4) is 0 Å². The lowest BCUT2D eigenvalue weighted by Gasteiger charge is -2.13. The molecule has 0 bridgehead atoms. The number of urea groups is 1. The molecule has 6 heteroatoms. The van der Waals surface area contributed by atoms with Crippen molar-refractivity contribution in [1.82, 2.24) is 10.2 Å². The van der Waals surface area contributed by atoms with Crippen molar-refractivity contribution >= 4 is 17.6 Å². The largest absolute Gasteiger partial charge is 0.395 e. The van der Waals surface area contributed by atoms with Gasteiger partial charge in [-0.25, -0.2) is 9.18 Å². The quantitative estimate of drug-likeness (QED) is 0.864. The summed E-state index contributed by atoms with van der Waals surface area (Å²) in [5.74, 6) is -0.398. The second-order valence-corrected chi connectivity index (χ2v) is 4.27. The number of amides is 2. The summed E-state index contributed by atoms with van der Waals surface area (Å²) >= 11 is 5.80. The summed E-state index contributed by atoms with van der Waals surface area (Å²) in [4.78, 5) is 12.9. The molecular formula is C11H12ClFN2O2. The van der Waals surface area contributed by atoms with Crippen molar-refractivity contribution in [3.05, 3.63) is 34.6 Å². The van der Waals surface area contributed by atoms with E-state index >= 15 is 0 Å². The number of carbonyl (C=O) groups is 1. The second kappa shape index (κ2) is 4.89. The summed E-state index contributed by atoms with van der Waals surface area (Å²) in [7, 11) is 0. The Kier molecular flexibility index (Phi) is 3.49. The van der Waals surface area contributed by atoms with E-state index in [4.69, 9.17) is 16.7 Å². The Morgan fingerprint density at radius 1 is 1.59 bits per heavy atom. The van der Waals surface area contributed by atoms with Crippen LogP contribution in [0.25, 0.3) is 0 Å². The summed E-state index contributed by atoms with van der Waals surface area (Å²) in [6, 6.07) is 3.52. The molecule has 0 radical (unpaired) electrons. The molecule has 1 aliphatic heterocycles. The van der Waals surface area contributed by atoms with Crippen LogP contribution in [-0.4, -0.2) is 35.7 Å². The zero-order valence-electron chi connectivity index (χ0n) is 8.99. The average molecular weight is 259 g/mol. The number of benzene rings is 1. The molecule has 0 aliphatic carbocycles. The molecule has 1 aromatic carbocycles. The summed E-state index contributed by atoms with van der Waals surface area (Å²) in [5, 5.41) is 11.9. The SMILES string of the molecule is O=C1NC(c2cc(Cl)ccc2F)CN1CCO. The number of halogens is 2. The number of hydrogen-bond acceptors (Lipinski definition) is 2. The highest BCUT2D eigenvalue weighted by Gasteiger charge is 2.30. The highest BCUT2D eigenvalue weighted by atomic mass is 35.5. The predicted octanol–water partition coefficient (Wildman–Crippen LogP) is 1.54. The van der Waals surface area contributed by atoms with Crippen LogP contribution in [0.4, 0.5) is 9.18 Å². The molecule has 0 spiro atoms. The molecule has 1 aliphatic rings. The third kappa shape index (κ3) is 2.50. The van der Waals surface area contributed by atoms with E-state index < -0.39 is 11.9 Å². The Morgan fingerprint density at radius 3 is 3.06 bits per heavy atom. The van der Waals surface area contributed by atoms with Gasteiger partial charge in [0.2, 0.25) is 0 Å². The minimum absolute atomic E-state index is 0.113. The zero-order chi connectivity index (χ0) is 12.4. The van der Waals surface area contributed by atoms with Crippen molar-refractivity contribution in [3.8, 4) is 0 Å². The zero-order valence-corrected chi connectivity index (χ0v) is 9.75. The van der Waals surface area contributed by atoms with Gasteiger partial charge in [0.15, 0.2) is 0 Å². The maximum atomic E-state index is 13.6. The monoisotopic (exact) mass is 258 g/mol. The molecule has 0 aromatic heterocycles. The van der Waals surface area contributed by atoms with Gasteiger partial charge in [-0.05, 0) is 18.2 Å². The first-order valence-electron chi connectivity index (χ1n) is 5.23. The molecular weight excluding hydrogens is 247 g/mol. The molecule has 92 valence electrons. The molecule has 1 heterocycles. The number of β-amino-alcohol motifs (C(OH)–C–C–N with tert-alkyl or cyclic N) is 1.